The molecule has 0 saturated carbocycles. The Morgan fingerprint density at radius 2 is 1.56 bits per heavy atom. The third-order valence-corrected chi connectivity index (χ3v) is 5.83. The first kappa shape index (κ1) is 23.3. The Morgan fingerprint density at radius 1 is 0.882 bits per heavy atom. The number of pyridine rings is 1. The molecule has 7 nitrogen and oxygen atoms in total. The highest BCUT2D eigenvalue weighted by Crippen LogP contribution is 2.22. The highest BCUT2D eigenvalue weighted by molar-refractivity contribution is 5.95. The first-order valence-corrected chi connectivity index (χ1v) is 11.7. The summed E-state index contributed by atoms with van der Waals surface area (Å²) in [5.41, 5.74) is 3.54. The lowest BCUT2D eigenvalue weighted by atomic mass is 10.1. The second-order valence-corrected chi connectivity index (χ2v) is 8.27. The lowest BCUT2D eigenvalue weighted by Gasteiger charge is -2.37. The minimum absolute atomic E-state index is 0.198. The number of hydrogen-bond donors (Lipinski definition) is 0. The number of carbonyl (C=O) groups is 2. The van der Waals surface area contributed by atoms with E-state index in [2.05, 4.69) is 14.8 Å². The largest absolute Gasteiger partial charge is 0.368 e. The third kappa shape index (κ3) is 5.92. The zero-order chi connectivity index (χ0) is 23.8. The van der Waals surface area contributed by atoms with Crippen LogP contribution in [-0.4, -0.2) is 48.1 Å². The van der Waals surface area contributed by atoms with Crippen molar-refractivity contribution in [2.45, 2.75) is 26.3 Å². The van der Waals surface area contributed by atoms with Crippen molar-refractivity contribution < 1.29 is 14.4 Å². The summed E-state index contributed by atoms with van der Waals surface area (Å²) in [6.45, 7) is 5.57. The summed E-state index contributed by atoms with van der Waals surface area (Å²) in [6.07, 6.45) is 4.55. The smallest absolute Gasteiger partial charge is 0.332 e. The van der Waals surface area contributed by atoms with Gasteiger partial charge in [0, 0.05) is 61.9 Å². The summed E-state index contributed by atoms with van der Waals surface area (Å²) >= 11 is 0. The van der Waals surface area contributed by atoms with Crippen LogP contribution in [-0.2, 0) is 16.2 Å². The van der Waals surface area contributed by atoms with E-state index in [4.69, 9.17) is 4.84 Å². The molecule has 176 valence electrons. The molecule has 1 saturated heterocycles. The fourth-order valence-corrected chi connectivity index (χ4v) is 4.02. The molecule has 0 atom stereocenters. The van der Waals surface area contributed by atoms with Gasteiger partial charge < -0.3 is 14.6 Å². The zero-order valence-electron chi connectivity index (χ0n) is 19.5. The van der Waals surface area contributed by atoms with Crippen LogP contribution < -0.4 is 9.80 Å². The molecule has 2 aromatic carbocycles. The number of hydroxylamine groups is 2. The predicted molar refractivity (Wildman–Crippen MR) is 132 cm³/mol. The van der Waals surface area contributed by atoms with Crippen LogP contribution in [0.1, 0.15) is 35.7 Å². The van der Waals surface area contributed by atoms with Crippen molar-refractivity contribution in [1.29, 1.82) is 0 Å². The Hall–Kier alpha value is -3.87. The summed E-state index contributed by atoms with van der Waals surface area (Å²) < 4.78 is 0. The summed E-state index contributed by atoms with van der Waals surface area (Å²) in [4.78, 5) is 39.8. The molecule has 1 aliphatic heterocycles. The van der Waals surface area contributed by atoms with Gasteiger partial charge in [0.25, 0.3) is 5.91 Å². The minimum Gasteiger partial charge on any atom is -0.368 e. The van der Waals surface area contributed by atoms with E-state index in [1.807, 2.05) is 80.0 Å². The highest BCUT2D eigenvalue weighted by Gasteiger charge is 2.23. The minimum atomic E-state index is -0.407. The van der Waals surface area contributed by atoms with E-state index >= 15 is 0 Å². The third-order valence-electron chi connectivity index (χ3n) is 5.83. The van der Waals surface area contributed by atoms with Gasteiger partial charge in [-0.05, 0) is 42.3 Å². The van der Waals surface area contributed by atoms with E-state index in [0.717, 1.165) is 37.4 Å². The number of amides is 1. The first-order valence-electron chi connectivity index (χ1n) is 11.7. The Morgan fingerprint density at radius 3 is 2.24 bits per heavy atom. The number of carbonyl (C=O) groups excluding carboxylic acids is 2. The number of rotatable bonds is 7. The topological polar surface area (TPSA) is 66.0 Å². The van der Waals surface area contributed by atoms with Crippen molar-refractivity contribution in [1.82, 2.24) is 10.0 Å². The lowest BCUT2D eigenvalue weighted by molar-refractivity contribution is -0.180. The monoisotopic (exact) mass is 458 g/mol. The van der Waals surface area contributed by atoms with E-state index in [1.165, 1.54) is 10.8 Å². The molecule has 1 fully saturated rings. The van der Waals surface area contributed by atoms with Gasteiger partial charge in [0.2, 0.25) is 0 Å². The summed E-state index contributed by atoms with van der Waals surface area (Å²) in [7, 11) is 0. The molecular weight excluding hydrogens is 428 g/mol. The van der Waals surface area contributed by atoms with Gasteiger partial charge in [-0.1, -0.05) is 43.3 Å². The van der Waals surface area contributed by atoms with Crippen LogP contribution in [0.15, 0.2) is 79.1 Å². The van der Waals surface area contributed by atoms with E-state index in [9.17, 15) is 9.59 Å². The molecule has 1 amide bonds. The first-order chi connectivity index (χ1) is 16.6. The Kier molecular flexibility index (Phi) is 7.75. The maximum atomic E-state index is 13.4. The van der Waals surface area contributed by atoms with Crippen molar-refractivity contribution in [3.05, 3.63) is 90.3 Å². The molecule has 0 bridgehead atoms. The van der Waals surface area contributed by atoms with Crippen LogP contribution >= 0.6 is 0 Å². The van der Waals surface area contributed by atoms with Gasteiger partial charge in [0.15, 0.2) is 0 Å². The number of piperazine rings is 1. The number of benzene rings is 2. The van der Waals surface area contributed by atoms with Gasteiger partial charge >= 0.3 is 5.97 Å². The molecule has 3 aromatic rings. The van der Waals surface area contributed by atoms with Gasteiger partial charge in [0.1, 0.15) is 0 Å². The normalized spacial score (nSPS) is 13.4. The zero-order valence-corrected chi connectivity index (χ0v) is 19.5. The number of aromatic nitrogens is 1. The van der Waals surface area contributed by atoms with Gasteiger partial charge in [-0.25, -0.2) is 4.79 Å². The van der Waals surface area contributed by atoms with Crippen LogP contribution in [0.25, 0.3) is 0 Å². The molecule has 1 aliphatic rings. The molecule has 0 N–H and O–H groups in total. The van der Waals surface area contributed by atoms with Crippen molar-refractivity contribution in [2.75, 3.05) is 36.0 Å². The van der Waals surface area contributed by atoms with Crippen molar-refractivity contribution in [3.8, 4) is 0 Å². The highest BCUT2D eigenvalue weighted by atomic mass is 16.7. The van der Waals surface area contributed by atoms with Crippen LogP contribution in [0, 0.1) is 0 Å². The van der Waals surface area contributed by atoms with Crippen molar-refractivity contribution >= 4 is 23.3 Å². The molecule has 34 heavy (non-hydrogen) atoms. The fraction of sp³-hybridized carbons (Fsp3) is 0.296. The lowest BCUT2D eigenvalue weighted by Crippen LogP contribution is -2.46. The molecule has 0 radical (unpaired) electrons. The fourth-order valence-electron chi connectivity index (χ4n) is 4.02. The van der Waals surface area contributed by atoms with Gasteiger partial charge in [0.05, 0.1) is 6.54 Å². The van der Waals surface area contributed by atoms with Crippen LogP contribution in [0.5, 0.6) is 0 Å². The van der Waals surface area contributed by atoms with E-state index in [0.29, 0.717) is 12.0 Å². The van der Waals surface area contributed by atoms with Gasteiger partial charge in [-0.2, -0.15) is 5.06 Å². The van der Waals surface area contributed by atoms with Crippen LogP contribution in [0.3, 0.4) is 0 Å². The SMILES string of the molecule is CCCC(=O)ON(Cc1ccccc1)C(=O)c1cccc(N2CCN(c3ccncc3)CC2)c1. The Bertz CT molecular complexity index is 1080. The molecule has 4 rings (SSSR count). The molecular formula is C27H30N4O3. The molecule has 0 aliphatic carbocycles. The second-order valence-electron chi connectivity index (χ2n) is 8.27. The number of hydrogen-bond acceptors (Lipinski definition) is 6. The Labute approximate surface area is 200 Å². The average Bonchev–Trinajstić information content (AvgIpc) is 2.89. The second kappa shape index (κ2) is 11.3. The number of anilines is 2. The van der Waals surface area contributed by atoms with Crippen LogP contribution in [0.2, 0.25) is 0 Å². The number of nitrogens with zero attached hydrogens (tertiary/aromatic N) is 4. The summed E-state index contributed by atoms with van der Waals surface area (Å²) in [6, 6.07) is 21.1. The van der Waals surface area contributed by atoms with E-state index in [-0.39, 0.29) is 18.9 Å². The van der Waals surface area contributed by atoms with E-state index < -0.39 is 5.97 Å². The molecule has 0 unspecified atom stereocenters. The molecule has 2 heterocycles. The molecule has 1 aromatic heterocycles. The predicted octanol–water partition coefficient (Wildman–Crippen LogP) is 4.31. The van der Waals surface area contributed by atoms with Gasteiger partial charge in [-0.3, -0.25) is 9.78 Å². The maximum Gasteiger partial charge on any atom is 0.332 e. The van der Waals surface area contributed by atoms with Crippen molar-refractivity contribution in [2.24, 2.45) is 0 Å². The maximum absolute atomic E-state index is 13.4. The van der Waals surface area contributed by atoms with E-state index in [1.54, 1.807) is 6.07 Å². The Balaban J connectivity index is 1.47. The average molecular weight is 459 g/mol. The summed E-state index contributed by atoms with van der Waals surface area (Å²) in [5.74, 6) is -0.735. The quantitative estimate of drug-likeness (QED) is 0.492. The molecule has 0 spiro atoms. The molecule has 7 heteroatoms. The van der Waals surface area contributed by atoms with Crippen molar-refractivity contribution in [3.63, 3.8) is 0 Å². The standard InChI is InChI=1S/C27H30N4O3/c1-2-7-26(32)34-31(21-22-8-4-3-5-9-22)27(33)23-10-6-11-25(20-23)30-18-16-29(17-19-30)24-12-14-28-15-13-24/h3-6,8-15,20H,2,7,16-19,21H2,1H3. The van der Waals surface area contributed by atoms with Crippen LogP contribution in [0.4, 0.5) is 11.4 Å². The van der Waals surface area contributed by atoms with Gasteiger partial charge in [-0.15, -0.1) is 0 Å². The summed E-state index contributed by atoms with van der Waals surface area (Å²) in [5, 5.41) is 1.17.